The average Bonchev–Trinajstić information content (AvgIpc) is 2.77. The molecule has 0 saturated heterocycles. The number of hydrogen-bond acceptors (Lipinski definition) is 5. The molecule has 0 fully saturated rings. The van der Waals surface area contributed by atoms with Gasteiger partial charge in [0.05, 0.1) is 11.5 Å². The topological polar surface area (TPSA) is 105 Å². The number of rotatable bonds is 8. The molecule has 3 aromatic rings. The largest absolute Gasteiger partial charge is 0.357 e. The molecule has 0 aliphatic carbocycles. The summed E-state index contributed by atoms with van der Waals surface area (Å²) in [6.45, 7) is 4.49. The van der Waals surface area contributed by atoms with E-state index >= 15 is 0 Å². The molecular weight excluding hydrogens is 396 g/mol. The number of anilines is 2. The number of nitrogens with zero attached hydrogens (tertiary/aromatic N) is 2. The Labute approximate surface area is 180 Å². The summed E-state index contributed by atoms with van der Waals surface area (Å²) in [5.41, 5.74) is 0.831. The molecule has 0 aliphatic heterocycles. The molecular formula is C23H24N4O4. The Hall–Kier alpha value is -3.94. The Morgan fingerprint density at radius 1 is 1.00 bits per heavy atom. The molecule has 0 heterocycles. The standard InChI is InChI=1S/C23H24N4O4/c1-3-24-22(28)15-26(4-2)20-12-10-18(14-21(20)27(30)31)23(29)25-19-11-9-16-7-5-6-8-17(16)13-19/h5-14H,3-4,15H2,1-2H3,(H,24,28)(H,25,29). The molecule has 8 nitrogen and oxygen atoms in total. The Morgan fingerprint density at radius 2 is 1.74 bits per heavy atom. The normalized spacial score (nSPS) is 10.5. The number of nitrogens with one attached hydrogen (secondary N) is 2. The summed E-state index contributed by atoms with van der Waals surface area (Å²) in [6, 6.07) is 17.6. The third kappa shape index (κ3) is 5.16. The SMILES string of the molecule is CCNC(=O)CN(CC)c1ccc(C(=O)Nc2ccc3ccccc3c2)cc1[N+](=O)[O-]. The van der Waals surface area contributed by atoms with Crippen LogP contribution in [-0.4, -0.2) is 36.4 Å². The van der Waals surface area contributed by atoms with Crippen molar-refractivity contribution >= 4 is 39.6 Å². The fraction of sp³-hybridized carbons (Fsp3) is 0.217. The van der Waals surface area contributed by atoms with Crippen LogP contribution in [0.25, 0.3) is 10.8 Å². The predicted molar refractivity (Wildman–Crippen MR) is 122 cm³/mol. The van der Waals surface area contributed by atoms with E-state index in [1.54, 1.807) is 17.9 Å². The zero-order chi connectivity index (χ0) is 22.4. The fourth-order valence-corrected chi connectivity index (χ4v) is 3.34. The van der Waals surface area contributed by atoms with Gasteiger partial charge in [-0.1, -0.05) is 30.3 Å². The lowest BCUT2D eigenvalue weighted by atomic mass is 10.1. The Morgan fingerprint density at radius 3 is 2.42 bits per heavy atom. The van der Waals surface area contributed by atoms with E-state index in [0.29, 0.717) is 24.5 Å². The van der Waals surface area contributed by atoms with Gasteiger partial charge in [-0.25, -0.2) is 0 Å². The molecule has 8 heteroatoms. The van der Waals surface area contributed by atoms with Gasteiger partial charge in [-0.05, 0) is 48.9 Å². The monoisotopic (exact) mass is 420 g/mol. The smallest absolute Gasteiger partial charge is 0.293 e. The lowest BCUT2D eigenvalue weighted by Crippen LogP contribution is -2.37. The first-order valence-electron chi connectivity index (χ1n) is 10.0. The highest BCUT2D eigenvalue weighted by Gasteiger charge is 2.22. The van der Waals surface area contributed by atoms with E-state index in [4.69, 9.17) is 0 Å². The summed E-state index contributed by atoms with van der Waals surface area (Å²) in [6.07, 6.45) is 0. The van der Waals surface area contributed by atoms with Gasteiger partial charge in [0.1, 0.15) is 5.69 Å². The molecule has 0 spiro atoms. The zero-order valence-corrected chi connectivity index (χ0v) is 17.4. The maximum atomic E-state index is 12.7. The Kier molecular flexibility index (Phi) is 6.81. The average molecular weight is 420 g/mol. The van der Waals surface area contributed by atoms with E-state index in [2.05, 4.69) is 10.6 Å². The highest BCUT2D eigenvalue weighted by molar-refractivity contribution is 6.06. The minimum absolute atomic E-state index is 0.00614. The molecule has 3 rings (SSSR count). The second-order valence-corrected chi connectivity index (χ2v) is 6.94. The zero-order valence-electron chi connectivity index (χ0n) is 17.4. The van der Waals surface area contributed by atoms with E-state index in [1.807, 2.05) is 43.3 Å². The number of benzene rings is 3. The number of nitro groups is 1. The summed E-state index contributed by atoms with van der Waals surface area (Å²) >= 11 is 0. The van der Waals surface area contributed by atoms with Crippen LogP contribution in [0.3, 0.4) is 0 Å². The van der Waals surface area contributed by atoms with Crippen LogP contribution in [0.4, 0.5) is 17.1 Å². The van der Waals surface area contributed by atoms with Gasteiger partial charge in [0.25, 0.3) is 11.6 Å². The third-order valence-corrected chi connectivity index (χ3v) is 4.87. The first-order chi connectivity index (χ1) is 14.9. The van der Waals surface area contributed by atoms with Crippen LogP contribution in [0.15, 0.2) is 60.7 Å². The highest BCUT2D eigenvalue weighted by Crippen LogP contribution is 2.30. The van der Waals surface area contributed by atoms with Gasteiger partial charge < -0.3 is 15.5 Å². The lowest BCUT2D eigenvalue weighted by Gasteiger charge is -2.22. The minimum Gasteiger partial charge on any atom is -0.357 e. The van der Waals surface area contributed by atoms with E-state index < -0.39 is 10.8 Å². The van der Waals surface area contributed by atoms with Crippen LogP contribution in [-0.2, 0) is 4.79 Å². The van der Waals surface area contributed by atoms with Crippen LogP contribution < -0.4 is 15.5 Å². The van der Waals surface area contributed by atoms with Crippen LogP contribution >= 0.6 is 0 Å². The molecule has 31 heavy (non-hydrogen) atoms. The Bertz CT molecular complexity index is 1130. The number of likely N-dealkylation sites (N-methyl/N-ethyl adjacent to an activating group) is 2. The van der Waals surface area contributed by atoms with Gasteiger partial charge in [0, 0.05) is 30.4 Å². The number of fused-ring (bicyclic) bond motifs is 1. The molecule has 0 unspecified atom stereocenters. The highest BCUT2D eigenvalue weighted by atomic mass is 16.6. The number of carbonyl (C=O) groups is 2. The quantitative estimate of drug-likeness (QED) is 0.424. The van der Waals surface area contributed by atoms with Crippen molar-refractivity contribution in [1.82, 2.24) is 5.32 Å². The van der Waals surface area contributed by atoms with Crippen molar-refractivity contribution in [3.63, 3.8) is 0 Å². The maximum Gasteiger partial charge on any atom is 0.293 e. The molecule has 2 amide bonds. The van der Waals surface area contributed by atoms with Gasteiger partial charge in [-0.2, -0.15) is 0 Å². The number of carbonyl (C=O) groups excluding carboxylic acids is 2. The van der Waals surface area contributed by atoms with Crippen LogP contribution in [0.1, 0.15) is 24.2 Å². The van der Waals surface area contributed by atoms with Crippen molar-refractivity contribution in [1.29, 1.82) is 0 Å². The van der Waals surface area contributed by atoms with Crippen molar-refractivity contribution in [3.8, 4) is 0 Å². The Balaban J connectivity index is 1.85. The van der Waals surface area contributed by atoms with Gasteiger partial charge in [0.15, 0.2) is 0 Å². The summed E-state index contributed by atoms with van der Waals surface area (Å²) in [5, 5.41) is 19.2. The molecule has 2 N–H and O–H groups in total. The number of nitro benzene ring substituents is 1. The summed E-state index contributed by atoms with van der Waals surface area (Å²) in [5.74, 6) is -0.673. The number of hydrogen-bond donors (Lipinski definition) is 2. The van der Waals surface area contributed by atoms with E-state index in [9.17, 15) is 19.7 Å². The van der Waals surface area contributed by atoms with Gasteiger partial charge in [-0.15, -0.1) is 0 Å². The first kappa shape index (κ1) is 21.8. The second-order valence-electron chi connectivity index (χ2n) is 6.94. The lowest BCUT2D eigenvalue weighted by molar-refractivity contribution is -0.384. The molecule has 0 aliphatic rings. The number of amides is 2. The predicted octanol–water partition coefficient (Wildman–Crippen LogP) is 3.96. The molecule has 160 valence electrons. The molecule has 3 aromatic carbocycles. The second kappa shape index (κ2) is 9.71. The van der Waals surface area contributed by atoms with E-state index in [1.165, 1.54) is 18.2 Å². The summed E-state index contributed by atoms with van der Waals surface area (Å²) in [7, 11) is 0. The van der Waals surface area contributed by atoms with Gasteiger partial charge >= 0.3 is 0 Å². The third-order valence-electron chi connectivity index (χ3n) is 4.87. The molecule has 0 atom stereocenters. The molecule has 0 radical (unpaired) electrons. The molecule has 0 aromatic heterocycles. The summed E-state index contributed by atoms with van der Waals surface area (Å²) in [4.78, 5) is 37.4. The summed E-state index contributed by atoms with van der Waals surface area (Å²) < 4.78 is 0. The van der Waals surface area contributed by atoms with Crippen LogP contribution in [0.5, 0.6) is 0 Å². The van der Waals surface area contributed by atoms with Crippen molar-refractivity contribution in [2.24, 2.45) is 0 Å². The van der Waals surface area contributed by atoms with Crippen molar-refractivity contribution < 1.29 is 14.5 Å². The van der Waals surface area contributed by atoms with Crippen molar-refractivity contribution in [2.45, 2.75) is 13.8 Å². The minimum atomic E-state index is -0.539. The first-order valence-corrected chi connectivity index (χ1v) is 10.0. The van der Waals surface area contributed by atoms with Crippen molar-refractivity contribution in [2.75, 3.05) is 29.9 Å². The maximum absolute atomic E-state index is 12.7. The van der Waals surface area contributed by atoms with Crippen LogP contribution in [0, 0.1) is 10.1 Å². The van der Waals surface area contributed by atoms with Crippen LogP contribution in [0.2, 0.25) is 0 Å². The molecule has 0 bridgehead atoms. The van der Waals surface area contributed by atoms with Gasteiger partial charge in [-0.3, -0.25) is 19.7 Å². The fourth-order valence-electron chi connectivity index (χ4n) is 3.34. The van der Waals surface area contributed by atoms with E-state index in [0.717, 1.165) is 10.8 Å². The molecule has 0 saturated carbocycles. The van der Waals surface area contributed by atoms with Crippen molar-refractivity contribution in [3.05, 3.63) is 76.3 Å². The van der Waals surface area contributed by atoms with Gasteiger partial charge in [0.2, 0.25) is 5.91 Å². The van der Waals surface area contributed by atoms with E-state index in [-0.39, 0.29) is 23.7 Å².